The van der Waals surface area contributed by atoms with Crippen molar-refractivity contribution in [3.8, 4) is 0 Å². The summed E-state index contributed by atoms with van der Waals surface area (Å²) >= 11 is 0. The van der Waals surface area contributed by atoms with Crippen molar-refractivity contribution in [3.05, 3.63) is 75.6 Å². The molecule has 0 aliphatic rings. The number of amides is 1. The number of hydrogen-bond acceptors (Lipinski definition) is 3. The van der Waals surface area contributed by atoms with Crippen molar-refractivity contribution in [3.63, 3.8) is 0 Å². The van der Waals surface area contributed by atoms with Crippen LogP contribution >= 0.6 is 0 Å². The molecule has 1 atom stereocenters. The molecule has 3 rings (SSSR count). The molecular formula is C18H14F2N2O3S. The number of carbonyl (C=O) groups is 1. The molecule has 2 N–H and O–H groups in total. The predicted molar refractivity (Wildman–Crippen MR) is 96.7 cm³/mol. The van der Waals surface area contributed by atoms with E-state index in [2.05, 4.69) is 10.3 Å². The van der Waals surface area contributed by atoms with Gasteiger partial charge in [0.15, 0.2) is 0 Å². The normalized spacial score (nSPS) is 12.1. The number of anilines is 1. The Morgan fingerprint density at radius 1 is 1.23 bits per heavy atom. The molecule has 0 radical (unpaired) electrons. The highest BCUT2D eigenvalue weighted by atomic mass is 32.2. The molecule has 1 aromatic heterocycles. The molecule has 0 saturated heterocycles. The minimum Gasteiger partial charge on any atom is -0.358 e. The van der Waals surface area contributed by atoms with Crippen molar-refractivity contribution in [2.75, 3.05) is 11.6 Å². The second-order valence-electron chi connectivity index (χ2n) is 5.71. The van der Waals surface area contributed by atoms with Gasteiger partial charge in [-0.15, -0.1) is 0 Å². The van der Waals surface area contributed by atoms with Crippen LogP contribution in [0.1, 0.15) is 15.9 Å². The lowest BCUT2D eigenvalue weighted by molar-refractivity contribution is 0.102. The number of halogens is 2. The van der Waals surface area contributed by atoms with Gasteiger partial charge in [0.05, 0.1) is 10.9 Å². The highest BCUT2D eigenvalue weighted by Gasteiger charge is 2.16. The van der Waals surface area contributed by atoms with Crippen LogP contribution < -0.4 is 10.7 Å². The summed E-state index contributed by atoms with van der Waals surface area (Å²) in [5, 5.41) is 2.32. The SMILES string of the molecule is CS(=O)Cc1cccc(NC(=O)c2c[nH]c3c(F)cc(F)cc3c2=O)c1. The largest absolute Gasteiger partial charge is 0.358 e. The Kier molecular flexibility index (Phi) is 4.94. The van der Waals surface area contributed by atoms with Crippen molar-refractivity contribution in [2.45, 2.75) is 5.75 Å². The Morgan fingerprint density at radius 2 is 2.00 bits per heavy atom. The molecule has 5 nitrogen and oxygen atoms in total. The van der Waals surface area contributed by atoms with Gasteiger partial charge in [-0.2, -0.15) is 0 Å². The zero-order valence-electron chi connectivity index (χ0n) is 13.6. The molecule has 0 fully saturated rings. The molecule has 1 unspecified atom stereocenters. The van der Waals surface area contributed by atoms with E-state index in [9.17, 15) is 22.6 Å². The average molecular weight is 376 g/mol. The maximum absolute atomic E-state index is 13.7. The van der Waals surface area contributed by atoms with Gasteiger partial charge in [0.2, 0.25) is 5.43 Å². The summed E-state index contributed by atoms with van der Waals surface area (Å²) in [6.45, 7) is 0. The van der Waals surface area contributed by atoms with Crippen LogP contribution in [-0.2, 0) is 16.6 Å². The number of aromatic amines is 1. The van der Waals surface area contributed by atoms with Crippen LogP contribution in [-0.4, -0.2) is 21.4 Å². The van der Waals surface area contributed by atoms with E-state index in [0.717, 1.165) is 17.8 Å². The van der Waals surface area contributed by atoms with Crippen molar-refractivity contribution in [1.82, 2.24) is 4.98 Å². The fourth-order valence-electron chi connectivity index (χ4n) is 2.60. The predicted octanol–water partition coefficient (Wildman–Crippen LogP) is 2.94. The second kappa shape index (κ2) is 7.17. The van der Waals surface area contributed by atoms with Gasteiger partial charge in [-0.1, -0.05) is 12.1 Å². The molecule has 0 spiro atoms. The van der Waals surface area contributed by atoms with E-state index < -0.39 is 33.8 Å². The molecule has 2 aromatic carbocycles. The van der Waals surface area contributed by atoms with Crippen molar-refractivity contribution < 1.29 is 17.8 Å². The Morgan fingerprint density at radius 3 is 2.73 bits per heavy atom. The van der Waals surface area contributed by atoms with Crippen molar-refractivity contribution in [2.24, 2.45) is 0 Å². The highest BCUT2D eigenvalue weighted by Crippen LogP contribution is 2.16. The summed E-state index contributed by atoms with van der Waals surface area (Å²) in [6.07, 6.45) is 2.66. The van der Waals surface area contributed by atoms with Crippen LogP contribution in [0.4, 0.5) is 14.5 Å². The molecule has 0 aliphatic carbocycles. The summed E-state index contributed by atoms with van der Waals surface area (Å²) in [4.78, 5) is 27.3. The molecular weight excluding hydrogens is 362 g/mol. The van der Waals surface area contributed by atoms with Crippen molar-refractivity contribution in [1.29, 1.82) is 0 Å². The first-order chi connectivity index (χ1) is 12.3. The Hall–Kier alpha value is -2.87. The lowest BCUT2D eigenvalue weighted by atomic mass is 10.1. The summed E-state index contributed by atoms with van der Waals surface area (Å²) in [7, 11) is -1.04. The van der Waals surface area contributed by atoms with Gasteiger partial charge >= 0.3 is 0 Å². The third-order valence-corrected chi connectivity index (χ3v) is 4.44. The number of hydrogen-bond donors (Lipinski definition) is 2. The number of rotatable bonds is 4. The summed E-state index contributed by atoms with van der Waals surface area (Å²) < 4.78 is 38.4. The van der Waals surface area contributed by atoms with Crippen LogP contribution in [0.25, 0.3) is 10.9 Å². The van der Waals surface area contributed by atoms with E-state index in [0.29, 0.717) is 17.5 Å². The fraction of sp³-hybridized carbons (Fsp3) is 0.111. The van der Waals surface area contributed by atoms with E-state index in [1.165, 1.54) is 0 Å². The number of benzene rings is 2. The van der Waals surface area contributed by atoms with Gasteiger partial charge in [-0.25, -0.2) is 8.78 Å². The third-order valence-electron chi connectivity index (χ3n) is 3.70. The second-order valence-corrected chi connectivity index (χ2v) is 7.15. The smallest absolute Gasteiger partial charge is 0.261 e. The number of H-pyrrole nitrogens is 1. The molecule has 134 valence electrons. The van der Waals surface area contributed by atoms with Gasteiger partial charge < -0.3 is 10.3 Å². The van der Waals surface area contributed by atoms with Gasteiger partial charge in [-0.05, 0) is 23.8 Å². The zero-order chi connectivity index (χ0) is 18.8. The first-order valence-electron chi connectivity index (χ1n) is 7.56. The Labute approximate surface area is 149 Å². The fourth-order valence-corrected chi connectivity index (χ4v) is 3.24. The van der Waals surface area contributed by atoms with E-state index in [4.69, 9.17) is 0 Å². The average Bonchev–Trinajstić information content (AvgIpc) is 2.55. The highest BCUT2D eigenvalue weighted by molar-refractivity contribution is 7.83. The first kappa shape index (κ1) is 17.9. The van der Waals surface area contributed by atoms with Crippen LogP contribution in [0, 0.1) is 11.6 Å². The monoisotopic (exact) mass is 376 g/mol. The number of carbonyl (C=O) groups excluding carboxylic acids is 1. The topological polar surface area (TPSA) is 79.0 Å². The van der Waals surface area contributed by atoms with Crippen molar-refractivity contribution >= 4 is 33.3 Å². The molecule has 8 heteroatoms. The van der Waals surface area contributed by atoms with Gasteiger partial charge in [0.25, 0.3) is 5.91 Å². The maximum Gasteiger partial charge on any atom is 0.261 e. The summed E-state index contributed by atoms with van der Waals surface area (Å²) in [5.41, 5.74) is -0.0316. The number of pyridine rings is 1. The standard InChI is InChI=1S/C18H14F2N2O3S/c1-26(25)9-10-3-2-4-12(5-10)22-18(24)14-8-21-16-13(17(14)23)6-11(19)7-15(16)20/h2-8H,9H2,1H3,(H,21,23)(H,22,24). The van der Waals surface area contributed by atoms with Gasteiger partial charge in [0.1, 0.15) is 17.2 Å². The summed E-state index contributed by atoms with van der Waals surface area (Å²) in [5.74, 6) is -2.20. The molecule has 1 heterocycles. The lowest BCUT2D eigenvalue weighted by Gasteiger charge is -2.08. The van der Waals surface area contributed by atoms with Crippen LogP contribution in [0.2, 0.25) is 0 Å². The lowest BCUT2D eigenvalue weighted by Crippen LogP contribution is -2.22. The minimum atomic E-state index is -1.04. The number of fused-ring (bicyclic) bond motifs is 1. The Bertz CT molecular complexity index is 1100. The molecule has 3 aromatic rings. The maximum atomic E-state index is 13.7. The molecule has 1 amide bonds. The van der Waals surface area contributed by atoms with Crippen LogP contribution in [0.15, 0.2) is 47.4 Å². The Balaban J connectivity index is 1.95. The number of nitrogens with one attached hydrogen (secondary N) is 2. The van der Waals surface area contributed by atoms with Gasteiger partial charge in [-0.3, -0.25) is 13.8 Å². The first-order valence-corrected chi connectivity index (χ1v) is 9.28. The molecule has 0 bridgehead atoms. The van der Waals surface area contributed by atoms with E-state index in [1.807, 2.05) is 0 Å². The molecule has 0 saturated carbocycles. The van der Waals surface area contributed by atoms with E-state index in [-0.39, 0.29) is 16.5 Å². The minimum absolute atomic E-state index is 0.166. The van der Waals surface area contributed by atoms with E-state index in [1.54, 1.807) is 30.5 Å². The third kappa shape index (κ3) is 3.70. The van der Waals surface area contributed by atoms with Crippen LogP contribution in [0.5, 0.6) is 0 Å². The van der Waals surface area contributed by atoms with Gasteiger partial charge in [0, 0.05) is 40.8 Å². The molecule has 0 aliphatic heterocycles. The number of aromatic nitrogens is 1. The van der Waals surface area contributed by atoms with Crippen LogP contribution in [0.3, 0.4) is 0 Å². The van der Waals surface area contributed by atoms with E-state index >= 15 is 0 Å². The summed E-state index contributed by atoms with van der Waals surface area (Å²) in [6, 6.07) is 8.26. The molecule has 26 heavy (non-hydrogen) atoms. The quantitative estimate of drug-likeness (QED) is 0.735. The zero-order valence-corrected chi connectivity index (χ0v) is 14.5.